The molecule has 8 nitrogen and oxygen atoms in total. The second-order valence-corrected chi connectivity index (χ2v) is 7.81. The molecule has 0 aliphatic carbocycles. The molecule has 4 rings (SSSR count). The molecule has 0 atom stereocenters. The number of nitrogens with zero attached hydrogens (tertiary/aromatic N) is 5. The van der Waals surface area contributed by atoms with E-state index in [1.54, 1.807) is 7.05 Å². The zero-order chi connectivity index (χ0) is 22.7. The Morgan fingerprint density at radius 1 is 1.12 bits per heavy atom. The van der Waals surface area contributed by atoms with Crippen molar-refractivity contribution in [3.05, 3.63) is 76.6 Å². The van der Waals surface area contributed by atoms with Crippen LogP contribution in [-0.2, 0) is 13.2 Å². The van der Waals surface area contributed by atoms with Gasteiger partial charge in [0.2, 0.25) is 0 Å². The van der Waals surface area contributed by atoms with Crippen LogP contribution in [0.25, 0.3) is 22.5 Å². The summed E-state index contributed by atoms with van der Waals surface area (Å²) in [4.78, 5) is 12.4. The highest BCUT2D eigenvalue weighted by Gasteiger charge is 2.18. The molecule has 0 saturated heterocycles. The van der Waals surface area contributed by atoms with E-state index in [0.29, 0.717) is 23.1 Å². The zero-order valence-electron chi connectivity index (χ0n) is 17.8. The number of aliphatic hydroxyl groups excluding tert-OH is 1. The zero-order valence-corrected chi connectivity index (χ0v) is 18.5. The smallest absolute Gasteiger partial charge is 0.264 e. The minimum atomic E-state index is -0.238. The maximum Gasteiger partial charge on any atom is 0.264 e. The fourth-order valence-electron chi connectivity index (χ4n) is 3.72. The fourth-order valence-corrected chi connectivity index (χ4v) is 4.04. The molecule has 0 spiro atoms. The van der Waals surface area contributed by atoms with Crippen LogP contribution in [0.15, 0.2) is 54.6 Å². The summed E-state index contributed by atoms with van der Waals surface area (Å²) in [6.07, 6.45) is 0. The first-order valence-electron chi connectivity index (χ1n) is 10.1. The van der Waals surface area contributed by atoms with Crippen LogP contribution >= 0.6 is 11.6 Å². The van der Waals surface area contributed by atoms with Crippen molar-refractivity contribution in [2.45, 2.75) is 20.1 Å². The molecule has 2 heterocycles. The molecule has 0 aliphatic rings. The van der Waals surface area contributed by atoms with Crippen molar-refractivity contribution in [3.63, 3.8) is 0 Å². The van der Waals surface area contributed by atoms with Gasteiger partial charge in [0.15, 0.2) is 5.82 Å². The lowest BCUT2D eigenvalue weighted by atomic mass is 9.98. The minimum absolute atomic E-state index is 0.112. The van der Waals surface area contributed by atoms with Gasteiger partial charge in [0.05, 0.1) is 23.9 Å². The second kappa shape index (κ2) is 9.44. The predicted molar refractivity (Wildman–Crippen MR) is 122 cm³/mol. The number of hydrogen-bond acceptors (Lipinski definition) is 6. The van der Waals surface area contributed by atoms with E-state index in [1.165, 1.54) is 4.68 Å². The fraction of sp³-hybridized carbons (Fsp3) is 0.217. The van der Waals surface area contributed by atoms with Crippen molar-refractivity contribution in [1.82, 2.24) is 30.1 Å². The Bertz CT molecular complexity index is 1250. The number of rotatable bonds is 7. The van der Waals surface area contributed by atoms with E-state index in [9.17, 15) is 9.90 Å². The SMILES string of the molecule is CNCC(=O)n1nnnc1-c1ccccc1-c1ccc(Cn2c(C)cc(Cl)c2CO)cc1. The molecular weight excluding hydrogens is 428 g/mol. The molecule has 0 saturated carbocycles. The van der Waals surface area contributed by atoms with Gasteiger partial charge in [-0.15, -0.1) is 5.10 Å². The molecule has 164 valence electrons. The molecule has 2 aromatic heterocycles. The van der Waals surface area contributed by atoms with Crippen LogP contribution in [0.1, 0.15) is 21.7 Å². The lowest BCUT2D eigenvalue weighted by Crippen LogP contribution is -2.26. The summed E-state index contributed by atoms with van der Waals surface area (Å²) in [5, 5.41) is 24.7. The van der Waals surface area contributed by atoms with Crippen molar-refractivity contribution >= 4 is 17.5 Å². The van der Waals surface area contributed by atoms with E-state index in [2.05, 4.69) is 20.8 Å². The Morgan fingerprint density at radius 3 is 2.53 bits per heavy atom. The van der Waals surface area contributed by atoms with Crippen LogP contribution in [0, 0.1) is 6.92 Å². The minimum Gasteiger partial charge on any atom is -0.390 e. The first-order chi connectivity index (χ1) is 15.5. The number of benzene rings is 2. The highest BCUT2D eigenvalue weighted by molar-refractivity contribution is 6.31. The number of hydrogen-bond donors (Lipinski definition) is 2. The van der Waals surface area contributed by atoms with E-state index in [4.69, 9.17) is 11.6 Å². The number of likely N-dealkylation sites (N-methyl/N-ethyl adjacent to an activating group) is 1. The summed E-state index contributed by atoms with van der Waals surface area (Å²) in [5.74, 6) is 0.160. The van der Waals surface area contributed by atoms with Crippen LogP contribution in [0.4, 0.5) is 0 Å². The third kappa shape index (κ3) is 4.20. The van der Waals surface area contributed by atoms with Crippen molar-refractivity contribution in [3.8, 4) is 22.5 Å². The van der Waals surface area contributed by atoms with Crippen LogP contribution in [0.2, 0.25) is 5.02 Å². The summed E-state index contributed by atoms with van der Waals surface area (Å²) in [7, 11) is 1.70. The van der Waals surface area contributed by atoms with E-state index in [0.717, 1.165) is 27.9 Å². The standard InChI is InChI=1S/C23H23ClN6O2/c1-15-11-20(24)21(14-31)29(15)13-16-7-9-17(10-8-16)18-5-3-4-6-19(18)23-26-27-28-30(23)22(32)12-25-2/h3-11,25,31H,12-14H2,1-2H3. The Hall–Kier alpha value is -3.33. The van der Waals surface area contributed by atoms with Crippen LogP contribution in [0.5, 0.6) is 0 Å². The molecule has 0 bridgehead atoms. The number of nitrogens with one attached hydrogen (secondary N) is 1. The Kier molecular flexibility index (Phi) is 6.45. The lowest BCUT2D eigenvalue weighted by Gasteiger charge is -2.13. The number of tetrazole rings is 1. The van der Waals surface area contributed by atoms with Gasteiger partial charge in [-0.2, -0.15) is 4.68 Å². The summed E-state index contributed by atoms with van der Waals surface area (Å²) in [5.41, 5.74) is 5.44. The molecular formula is C23H23ClN6O2. The van der Waals surface area contributed by atoms with Gasteiger partial charge in [0, 0.05) is 17.8 Å². The number of carbonyl (C=O) groups is 1. The van der Waals surface area contributed by atoms with E-state index in [1.807, 2.05) is 66.1 Å². The maximum absolute atomic E-state index is 12.4. The number of aliphatic hydroxyl groups is 1. The highest BCUT2D eigenvalue weighted by atomic mass is 35.5. The van der Waals surface area contributed by atoms with Gasteiger partial charge in [-0.1, -0.05) is 60.1 Å². The first kappa shape index (κ1) is 21.9. The van der Waals surface area contributed by atoms with Crippen molar-refractivity contribution < 1.29 is 9.90 Å². The van der Waals surface area contributed by atoms with Gasteiger partial charge in [0.25, 0.3) is 5.91 Å². The van der Waals surface area contributed by atoms with Crippen LogP contribution < -0.4 is 5.32 Å². The summed E-state index contributed by atoms with van der Waals surface area (Å²) >= 11 is 6.22. The van der Waals surface area contributed by atoms with Crippen LogP contribution in [-0.4, -0.2) is 49.4 Å². The molecule has 0 unspecified atom stereocenters. The molecule has 0 radical (unpaired) electrons. The quantitative estimate of drug-likeness (QED) is 0.420. The van der Waals surface area contributed by atoms with Gasteiger partial charge in [0.1, 0.15) is 0 Å². The van der Waals surface area contributed by atoms with Crippen molar-refractivity contribution in [1.29, 1.82) is 0 Å². The average molecular weight is 451 g/mol. The molecule has 4 aromatic rings. The third-order valence-corrected chi connectivity index (χ3v) is 5.65. The van der Waals surface area contributed by atoms with Crippen LogP contribution in [0.3, 0.4) is 0 Å². The predicted octanol–water partition coefficient (Wildman–Crippen LogP) is 3.17. The Morgan fingerprint density at radius 2 is 1.84 bits per heavy atom. The van der Waals surface area contributed by atoms with Gasteiger partial charge in [-0.3, -0.25) is 4.79 Å². The first-order valence-corrected chi connectivity index (χ1v) is 10.5. The molecule has 0 amide bonds. The monoisotopic (exact) mass is 450 g/mol. The Labute approximate surface area is 190 Å². The highest BCUT2D eigenvalue weighted by Crippen LogP contribution is 2.31. The van der Waals surface area contributed by atoms with Gasteiger partial charge < -0.3 is 15.0 Å². The lowest BCUT2D eigenvalue weighted by molar-refractivity contribution is 0.0899. The van der Waals surface area contributed by atoms with Gasteiger partial charge >= 0.3 is 0 Å². The third-order valence-electron chi connectivity index (χ3n) is 5.32. The summed E-state index contributed by atoms with van der Waals surface area (Å²) in [6, 6.07) is 17.7. The van der Waals surface area contributed by atoms with Crippen molar-refractivity contribution in [2.24, 2.45) is 0 Å². The average Bonchev–Trinajstić information content (AvgIpc) is 3.39. The second-order valence-electron chi connectivity index (χ2n) is 7.41. The van der Waals surface area contributed by atoms with Gasteiger partial charge in [-0.25, -0.2) is 0 Å². The normalized spacial score (nSPS) is 11.1. The van der Waals surface area contributed by atoms with E-state index < -0.39 is 0 Å². The number of carbonyl (C=O) groups excluding carboxylic acids is 1. The topological polar surface area (TPSA) is 97.9 Å². The largest absolute Gasteiger partial charge is 0.390 e. The molecule has 2 N–H and O–H groups in total. The van der Waals surface area contributed by atoms with E-state index in [-0.39, 0.29) is 19.1 Å². The van der Waals surface area contributed by atoms with Crippen molar-refractivity contribution in [2.75, 3.05) is 13.6 Å². The molecule has 0 fully saturated rings. The molecule has 9 heteroatoms. The molecule has 2 aromatic carbocycles. The Balaban J connectivity index is 1.66. The summed E-state index contributed by atoms with van der Waals surface area (Å²) in [6.45, 7) is 2.59. The molecule has 0 aliphatic heterocycles. The maximum atomic E-state index is 12.4. The number of aromatic nitrogens is 5. The number of aryl methyl sites for hydroxylation is 1. The van der Waals surface area contributed by atoms with Gasteiger partial charge in [-0.05, 0) is 47.2 Å². The summed E-state index contributed by atoms with van der Waals surface area (Å²) < 4.78 is 3.23. The molecule has 32 heavy (non-hydrogen) atoms. The number of halogens is 1. The van der Waals surface area contributed by atoms with E-state index >= 15 is 0 Å².